The quantitative estimate of drug-likeness (QED) is 0.919. The molecule has 20 heavy (non-hydrogen) atoms. The number of carbonyl (C=O) groups is 1. The average Bonchev–Trinajstić information content (AvgIpc) is 2.39. The molecule has 1 N–H and O–H groups in total. The van der Waals surface area contributed by atoms with Crippen LogP contribution in [-0.4, -0.2) is 35.1 Å². The van der Waals surface area contributed by atoms with E-state index in [1.54, 1.807) is 6.07 Å². The van der Waals surface area contributed by atoms with Gasteiger partial charge >= 0.3 is 0 Å². The first kappa shape index (κ1) is 15.0. The van der Waals surface area contributed by atoms with E-state index < -0.39 is 0 Å². The second-order valence-corrected chi connectivity index (χ2v) is 5.76. The van der Waals surface area contributed by atoms with Crippen LogP contribution in [0.25, 0.3) is 0 Å². The lowest BCUT2D eigenvalue weighted by Gasteiger charge is -2.30. The van der Waals surface area contributed by atoms with E-state index in [0.29, 0.717) is 38.8 Å². The molecule has 110 valence electrons. The summed E-state index contributed by atoms with van der Waals surface area (Å²) in [6.07, 6.45) is 2.27. The zero-order chi connectivity index (χ0) is 14.5. The molecule has 2 rings (SSSR count). The highest BCUT2D eigenvalue weighted by Crippen LogP contribution is 2.17. The number of benzene rings is 1. The first-order valence-corrected chi connectivity index (χ1v) is 7.25. The van der Waals surface area contributed by atoms with Gasteiger partial charge in [0.15, 0.2) is 0 Å². The number of rotatable bonds is 4. The summed E-state index contributed by atoms with van der Waals surface area (Å²) in [7, 11) is 0. The van der Waals surface area contributed by atoms with Crippen LogP contribution < -0.4 is 0 Å². The van der Waals surface area contributed by atoms with Crippen LogP contribution in [0.5, 0.6) is 0 Å². The summed E-state index contributed by atoms with van der Waals surface area (Å²) >= 11 is 0. The van der Waals surface area contributed by atoms with Crippen molar-refractivity contribution in [2.24, 2.45) is 5.92 Å². The topological polar surface area (TPSA) is 40.5 Å². The third kappa shape index (κ3) is 4.30. The van der Waals surface area contributed by atoms with Crippen molar-refractivity contribution in [3.8, 4) is 0 Å². The van der Waals surface area contributed by atoms with Gasteiger partial charge in [0.25, 0.3) is 0 Å². The Hall–Kier alpha value is -1.42. The Balaban J connectivity index is 1.82. The largest absolute Gasteiger partial charge is 0.393 e. The number of hydrogen-bond acceptors (Lipinski definition) is 2. The van der Waals surface area contributed by atoms with E-state index in [0.717, 1.165) is 5.56 Å². The predicted octanol–water partition coefficient (Wildman–Crippen LogP) is 2.38. The summed E-state index contributed by atoms with van der Waals surface area (Å²) in [4.78, 5) is 14.0. The van der Waals surface area contributed by atoms with Gasteiger partial charge in [0, 0.05) is 19.5 Å². The van der Waals surface area contributed by atoms with Crippen molar-refractivity contribution in [3.63, 3.8) is 0 Å². The van der Waals surface area contributed by atoms with Crippen LogP contribution in [0.3, 0.4) is 0 Å². The van der Waals surface area contributed by atoms with Gasteiger partial charge in [0.1, 0.15) is 5.82 Å². The minimum absolute atomic E-state index is 0.140. The molecule has 0 saturated carbocycles. The number of amides is 1. The lowest BCUT2D eigenvalue weighted by Crippen LogP contribution is -2.40. The lowest BCUT2D eigenvalue weighted by molar-refractivity contribution is -0.134. The van der Waals surface area contributed by atoms with E-state index in [-0.39, 0.29) is 23.7 Å². The third-order valence-corrected chi connectivity index (χ3v) is 3.81. The van der Waals surface area contributed by atoms with Crippen LogP contribution in [0.2, 0.25) is 0 Å². The molecule has 0 aromatic heterocycles. The Morgan fingerprint density at radius 1 is 1.45 bits per heavy atom. The maximum Gasteiger partial charge on any atom is 0.222 e. The summed E-state index contributed by atoms with van der Waals surface area (Å²) in [6.45, 7) is 3.31. The standard InChI is InChI=1S/C16H22FNO2/c1-12(9-13-3-2-4-14(17)11-13)10-16(20)18-7-5-15(19)6-8-18/h2-4,11-12,15,19H,5-10H2,1H3. The number of nitrogens with zero attached hydrogens (tertiary/aromatic N) is 1. The maximum atomic E-state index is 13.1. The Morgan fingerprint density at radius 3 is 2.80 bits per heavy atom. The Bertz CT molecular complexity index is 456. The number of carbonyl (C=O) groups excluding carboxylic acids is 1. The molecular weight excluding hydrogens is 257 g/mol. The average molecular weight is 279 g/mol. The molecule has 1 atom stereocenters. The van der Waals surface area contributed by atoms with Crippen LogP contribution >= 0.6 is 0 Å². The van der Waals surface area contributed by atoms with Crippen LogP contribution in [0.4, 0.5) is 4.39 Å². The van der Waals surface area contributed by atoms with Gasteiger partial charge in [-0.15, -0.1) is 0 Å². The van der Waals surface area contributed by atoms with E-state index in [9.17, 15) is 14.3 Å². The Morgan fingerprint density at radius 2 is 2.15 bits per heavy atom. The van der Waals surface area contributed by atoms with Crippen LogP contribution in [0.1, 0.15) is 31.7 Å². The van der Waals surface area contributed by atoms with Gasteiger partial charge in [-0.25, -0.2) is 4.39 Å². The maximum absolute atomic E-state index is 13.1. The number of likely N-dealkylation sites (tertiary alicyclic amines) is 1. The number of hydrogen-bond donors (Lipinski definition) is 1. The number of aliphatic hydroxyl groups excluding tert-OH is 1. The number of halogens is 1. The molecule has 1 aromatic rings. The summed E-state index contributed by atoms with van der Waals surface area (Å²) in [5, 5.41) is 9.44. The molecule has 1 fully saturated rings. The molecule has 1 unspecified atom stereocenters. The monoisotopic (exact) mass is 279 g/mol. The molecule has 0 bridgehead atoms. The first-order valence-electron chi connectivity index (χ1n) is 7.25. The highest BCUT2D eigenvalue weighted by molar-refractivity contribution is 5.76. The first-order chi connectivity index (χ1) is 9.54. The van der Waals surface area contributed by atoms with Crippen molar-refractivity contribution < 1.29 is 14.3 Å². The molecule has 3 nitrogen and oxygen atoms in total. The van der Waals surface area contributed by atoms with Gasteiger partial charge in [0.2, 0.25) is 5.91 Å². The van der Waals surface area contributed by atoms with E-state index in [1.807, 2.05) is 17.9 Å². The van der Waals surface area contributed by atoms with E-state index in [2.05, 4.69) is 0 Å². The van der Waals surface area contributed by atoms with E-state index in [1.165, 1.54) is 12.1 Å². The lowest BCUT2D eigenvalue weighted by atomic mass is 9.97. The fourth-order valence-corrected chi connectivity index (χ4v) is 2.68. The molecule has 1 aliphatic heterocycles. The molecule has 0 spiro atoms. The molecule has 4 heteroatoms. The minimum Gasteiger partial charge on any atom is -0.393 e. The highest BCUT2D eigenvalue weighted by Gasteiger charge is 2.22. The molecule has 0 aliphatic carbocycles. The third-order valence-electron chi connectivity index (χ3n) is 3.81. The van der Waals surface area contributed by atoms with Gasteiger partial charge in [-0.1, -0.05) is 19.1 Å². The second-order valence-electron chi connectivity index (χ2n) is 5.76. The van der Waals surface area contributed by atoms with Crippen molar-refractivity contribution in [2.45, 2.75) is 38.7 Å². The van der Waals surface area contributed by atoms with E-state index >= 15 is 0 Å². The van der Waals surface area contributed by atoms with Crippen molar-refractivity contribution in [1.29, 1.82) is 0 Å². The van der Waals surface area contributed by atoms with Gasteiger partial charge < -0.3 is 10.0 Å². The van der Waals surface area contributed by atoms with Gasteiger partial charge in [0.05, 0.1) is 6.10 Å². The summed E-state index contributed by atoms with van der Waals surface area (Å²) in [6, 6.07) is 6.54. The summed E-state index contributed by atoms with van der Waals surface area (Å²) in [5.74, 6) is 0.1000. The predicted molar refractivity (Wildman–Crippen MR) is 75.7 cm³/mol. The molecule has 1 heterocycles. The van der Waals surface area contributed by atoms with Crippen LogP contribution in [0, 0.1) is 11.7 Å². The van der Waals surface area contributed by atoms with Crippen molar-refractivity contribution >= 4 is 5.91 Å². The normalized spacial score (nSPS) is 18.1. The van der Waals surface area contributed by atoms with Gasteiger partial charge in [-0.2, -0.15) is 0 Å². The molecular formula is C16H22FNO2. The highest BCUT2D eigenvalue weighted by atomic mass is 19.1. The number of aliphatic hydroxyl groups is 1. The van der Waals surface area contributed by atoms with Crippen LogP contribution in [-0.2, 0) is 11.2 Å². The smallest absolute Gasteiger partial charge is 0.222 e. The zero-order valence-corrected chi connectivity index (χ0v) is 11.9. The Labute approximate surface area is 119 Å². The fourth-order valence-electron chi connectivity index (χ4n) is 2.68. The van der Waals surface area contributed by atoms with Crippen molar-refractivity contribution in [1.82, 2.24) is 4.90 Å². The van der Waals surface area contributed by atoms with E-state index in [4.69, 9.17) is 0 Å². The molecule has 1 saturated heterocycles. The van der Waals surface area contributed by atoms with Gasteiger partial charge in [-0.05, 0) is 42.9 Å². The molecule has 1 aromatic carbocycles. The second kappa shape index (κ2) is 6.84. The van der Waals surface area contributed by atoms with Gasteiger partial charge in [-0.3, -0.25) is 4.79 Å². The molecule has 1 amide bonds. The molecule has 1 aliphatic rings. The SMILES string of the molecule is CC(CC(=O)N1CCC(O)CC1)Cc1cccc(F)c1. The van der Waals surface area contributed by atoms with Crippen LogP contribution in [0.15, 0.2) is 24.3 Å². The molecule has 0 radical (unpaired) electrons. The zero-order valence-electron chi connectivity index (χ0n) is 11.9. The minimum atomic E-state index is -0.260. The summed E-state index contributed by atoms with van der Waals surface area (Å²) in [5.41, 5.74) is 0.930. The van der Waals surface area contributed by atoms with Crippen molar-refractivity contribution in [3.05, 3.63) is 35.6 Å². The Kier molecular flexibility index (Phi) is 5.12. The fraction of sp³-hybridized carbons (Fsp3) is 0.562. The van der Waals surface area contributed by atoms with Crippen molar-refractivity contribution in [2.75, 3.05) is 13.1 Å². The number of piperidine rings is 1. The summed E-state index contributed by atoms with van der Waals surface area (Å²) < 4.78 is 13.1.